The second-order valence-corrected chi connectivity index (χ2v) is 7.17. The van der Waals surface area contributed by atoms with E-state index in [0.29, 0.717) is 5.56 Å². The molecule has 0 unspecified atom stereocenters. The van der Waals surface area contributed by atoms with Crippen LogP contribution < -0.4 is 4.74 Å². The third-order valence-electron chi connectivity index (χ3n) is 4.59. The Morgan fingerprint density at radius 1 is 1.14 bits per heavy atom. The normalized spacial score (nSPS) is 12.9. The molecule has 7 heteroatoms. The summed E-state index contributed by atoms with van der Waals surface area (Å²) >= 11 is 0. The number of rotatable bonds is 8. The van der Waals surface area contributed by atoms with E-state index in [0.717, 1.165) is 0 Å². The molecule has 2 aromatic rings. The van der Waals surface area contributed by atoms with E-state index >= 15 is 0 Å². The van der Waals surface area contributed by atoms with Gasteiger partial charge in [-0.1, -0.05) is 18.2 Å². The molecule has 2 rings (SSSR count). The molecule has 1 atom stereocenters. The van der Waals surface area contributed by atoms with Gasteiger partial charge in [-0.3, -0.25) is 4.79 Å². The fourth-order valence-corrected chi connectivity index (χ4v) is 2.92. The fourth-order valence-electron chi connectivity index (χ4n) is 2.92. The number of allylic oxidation sites excluding steroid dienone is 1. The molecule has 0 saturated heterocycles. The lowest BCUT2D eigenvalue weighted by molar-refractivity contribution is -0.0692. The van der Waals surface area contributed by atoms with Crippen molar-refractivity contribution in [2.75, 3.05) is 14.2 Å². The maximum absolute atomic E-state index is 12.8. The van der Waals surface area contributed by atoms with E-state index in [1.807, 2.05) is 0 Å². The highest BCUT2D eigenvalue weighted by Gasteiger charge is 2.31. The molecular formula is C22H26O7. The van der Waals surface area contributed by atoms with Crippen molar-refractivity contribution in [1.29, 1.82) is 0 Å². The van der Waals surface area contributed by atoms with Crippen molar-refractivity contribution in [2.24, 2.45) is 0 Å². The van der Waals surface area contributed by atoms with Crippen molar-refractivity contribution < 1.29 is 34.7 Å². The molecule has 0 aliphatic carbocycles. The molecular weight excluding hydrogens is 376 g/mol. The average Bonchev–Trinajstić information content (AvgIpc) is 2.65. The lowest BCUT2D eigenvalue weighted by Crippen LogP contribution is -2.39. The smallest absolute Gasteiger partial charge is 0.193 e. The predicted molar refractivity (Wildman–Crippen MR) is 109 cm³/mol. The Bertz CT molecular complexity index is 893. The number of aromatic hydroxyl groups is 3. The van der Waals surface area contributed by atoms with Gasteiger partial charge in [0.15, 0.2) is 5.78 Å². The van der Waals surface area contributed by atoms with Crippen LogP contribution in [-0.2, 0) is 11.2 Å². The minimum absolute atomic E-state index is 0.0151. The zero-order valence-electron chi connectivity index (χ0n) is 16.8. The summed E-state index contributed by atoms with van der Waals surface area (Å²) in [5.74, 6) is -1.12. The van der Waals surface area contributed by atoms with Gasteiger partial charge in [0.2, 0.25) is 0 Å². The molecule has 0 bridgehead atoms. The summed E-state index contributed by atoms with van der Waals surface area (Å²) in [5, 5.41) is 40.6. The molecule has 4 N–H and O–H groups in total. The van der Waals surface area contributed by atoms with Gasteiger partial charge in [0.05, 0.1) is 18.8 Å². The molecule has 0 aliphatic heterocycles. The van der Waals surface area contributed by atoms with Crippen LogP contribution in [0.5, 0.6) is 23.0 Å². The molecule has 0 fully saturated rings. The number of hydrogen-bond acceptors (Lipinski definition) is 7. The number of phenolic OH excluding ortho intramolecular Hbond substituents is 3. The number of aliphatic hydroxyl groups is 1. The number of phenols is 3. The van der Waals surface area contributed by atoms with Gasteiger partial charge in [-0.2, -0.15) is 0 Å². The molecule has 0 aromatic heterocycles. The summed E-state index contributed by atoms with van der Waals surface area (Å²) in [6, 6.07) is 7.48. The average molecular weight is 402 g/mol. The van der Waals surface area contributed by atoms with Crippen molar-refractivity contribution in [3.8, 4) is 23.0 Å². The third kappa shape index (κ3) is 5.28. The first-order chi connectivity index (χ1) is 13.6. The molecule has 0 heterocycles. The van der Waals surface area contributed by atoms with Gasteiger partial charge in [-0.15, -0.1) is 0 Å². The van der Waals surface area contributed by atoms with Gasteiger partial charge in [0.1, 0.15) is 28.6 Å². The SMILES string of the molecule is COc1cc(O)c(C[C@@H](OC)C(C)(C)O)c(O)c1C(=O)C=Cc1ccc(O)cc1. The molecule has 29 heavy (non-hydrogen) atoms. The van der Waals surface area contributed by atoms with Crippen LogP contribution >= 0.6 is 0 Å². The third-order valence-corrected chi connectivity index (χ3v) is 4.59. The molecule has 0 aliphatic rings. The highest BCUT2D eigenvalue weighted by molar-refractivity contribution is 6.11. The summed E-state index contributed by atoms with van der Waals surface area (Å²) in [7, 11) is 2.73. The standard InChI is InChI=1S/C22H26O7/c1-22(2,27)19(29-4)11-15-17(25)12-18(28-3)20(21(15)26)16(24)10-7-13-5-8-14(23)9-6-13/h5-10,12,19,23,25-27H,11H2,1-4H3/t19-/m1/s1. The first-order valence-electron chi connectivity index (χ1n) is 8.96. The Labute approximate surface area is 169 Å². The van der Waals surface area contributed by atoms with Gasteiger partial charge in [-0.25, -0.2) is 0 Å². The molecule has 0 spiro atoms. The van der Waals surface area contributed by atoms with Gasteiger partial charge < -0.3 is 29.9 Å². The first kappa shape index (κ1) is 22.3. The number of carbonyl (C=O) groups excluding carboxylic acids is 1. The molecule has 0 amide bonds. The van der Waals surface area contributed by atoms with Crippen LogP contribution in [-0.4, -0.2) is 52.1 Å². The monoisotopic (exact) mass is 402 g/mol. The van der Waals surface area contributed by atoms with Crippen LogP contribution in [0, 0.1) is 0 Å². The van der Waals surface area contributed by atoms with Crippen molar-refractivity contribution >= 4 is 11.9 Å². The van der Waals surface area contributed by atoms with Gasteiger partial charge in [-0.05, 0) is 37.6 Å². The predicted octanol–water partition coefficient (Wildman–Crippen LogP) is 3.04. The summed E-state index contributed by atoms with van der Waals surface area (Å²) in [5.41, 5.74) is -0.603. The molecule has 0 radical (unpaired) electrons. The van der Waals surface area contributed by atoms with Gasteiger partial charge in [0, 0.05) is 25.2 Å². The van der Waals surface area contributed by atoms with Crippen LogP contribution in [0.3, 0.4) is 0 Å². The van der Waals surface area contributed by atoms with E-state index in [-0.39, 0.29) is 34.8 Å². The topological polar surface area (TPSA) is 116 Å². The van der Waals surface area contributed by atoms with Crippen molar-refractivity contribution in [1.82, 2.24) is 0 Å². The number of hydrogen-bond donors (Lipinski definition) is 4. The minimum Gasteiger partial charge on any atom is -0.508 e. The first-order valence-corrected chi connectivity index (χ1v) is 8.96. The van der Waals surface area contributed by atoms with Crippen LogP contribution in [0.1, 0.15) is 35.3 Å². The van der Waals surface area contributed by atoms with E-state index < -0.39 is 23.2 Å². The second kappa shape index (κ2) is 8.98. The summed E-state index contributed by atoms with van der Waals surface area (Å²) in [6.45, 7) is 3.09. The number of ketones is 1. The highest BCUT2D eigenvalue weighted by Crippen LogP contribution is 2.40. The van der Waals surface area contributed by atoms with Gasteiger partial charge in [0.25, 0.3) is 0 Å². The van der Waals surface area contributed by atoms with Crippen LogP contribution in [0.2, 0.25) is 0 Å². The van der Waals surface area contributed by atoms with E-state index in [1.54, 1.807) is 26.0 Å². The Morgan fingerprint density at radius 2 is 1.76 bits per heavy atom. The maximum atomic E-state index is 12.8. The Kier molecular flexibility index (Phi) is 6.89. The Morgan fingerprint density at radius 3 is 2.28 bits per heavy atom. The summed E-state index contributed by atoms with van der Waals surface area (Å²) in [6.07, 6.45) is 2.03. The quantitative estimate of drug-likeness (QED) is 0.396. The second-order valence-electron chi connectivity index (χ2n) is 7.17. The number of ether oxygens (including phenoxy) is 2. The lowest BCUT2D eigenvalue weighted by atomic mass is 9.92. The van der Waals surface area contributed by atoms with Crippen LogP contribution in [0.15, 0.2) is 36.4 Å². The maximum Gasteiger partial charge on any atom is 0.193 e. The van der Waals surface area contributed by atoms with E-state index in [9.17, 15) is 25.2 Å². The molecule has 0 saturated carbocycles. The molecule has 7 nitrogen and oxygen atoms in total. The zero-order valence-corrected chi connectivity index (χ0v) is 16.8. The van der Waals surface area contributed by atoms with Crippen molar-refractivity contribution in [3.63, 3.8) is 0 Å². The number of benzene rings is 2. The molecule has 156 valence electrons. The highest BCUT2D eigenvalue weighted by atomic mass is 16.5. The zero-order chi connectivity index (χ0) is 21.8. The summed E-state index contributed by atoms with van der Waals surface area (Å²) < 4.78 is 10.4. The largest absolute Gasteiger partial charge is 0.508 e. The summed E-state index contributed by atoms with van der Waals surface area (Å²) in [4.78, 5) is 12.8. The van der Waals surface area contributed by atoms with Gasteiger partial charge >= 0.3 is 0 Å². The molecule has 2 aromatic carbocycles. The van der Waals surface area contributed by atoms with Crippen LogP contribution in [0.25, 0.3) is 6.08 Å². The van der Waals surface area contributed by atoms with E-state index in [4.69, 9.17) is 9.47 Å². The van der Waals surface area contributed by atoms with E-state index in [1.165, 1.54) is 44.6 Å². The minimum atomic E-state index is -1.24. The number of methoxy groups -OCH3 is 2. The van der Waals surface area contributed by atoms with Crippen molar-refractivity contribution in [2.45, 2.75) is 32.0 Å². The number of carbonyl (C=O) groups is 1. The van der Waals surface area contributed by atoms with Crippen molar-refractivity contribution in [3.05, 3.63) is 53.1 Å². The lowest BCUT2D eigenvalue weighted by Gasteiger charge is -2.28. The van der Waals surface area contributed by atoms with E-state index in [2.05, 4.69) is 0 Å². The Hall–Kier alpha value is -3.03. The Balaban J connectivity index is 2.44. The fraction of sp³-hybridized carbons (Fsp3) is 0.318. The van der Waals surface area contributed by atoms with Crippen LogP contribution in [0.4, 0.5) is 0 Å².